The van der Waals surface area contributed by atoms with Crippen LogP contribution in [0.4, 0.5) is 0 Å². The monoisotopic (exact) mass is 896 g/mol. The summed E-state index contributed by atoms with van der Waals surface area (Å²) in [5, 5.41) is 3.47. The van der Waals surface area contributed by atoms with Gasteiger partial charge in [0.25, 0.3) is 0 Å². The quantitative estimate of drug-likeness (QED) is 0.116. The highest BCUT2D eigenvalue weighted by Crippen LogP contribution is 2.42. The Hall–Kier alpha value is -8.19. The molecule has 0 saturated carbocycles. The maximum absolute atomic E-state index is 6.91. The molecule has 0 bridgehead atoms. The van der Waals surface area contributed by atoms with Gasteiger partial charge >= 0.3 is 0 Å². The fourth-order valence-electron chi connectivity index (χ4n) is 9.50. The van der Waals surface area contributed by atoms with Crippen molar-refractivity contribution < 1.29 is 4.74 Å². The molecule has 6 aromatic carbocycles. The van der Waals surface area contributed by atoms with Gasteiger partial charge in [-0.3, -0.25) is 4.99 Å². The van der Waals surface area contributed by atoms with E-state index >= 15 is 0 Å². The molecule has 1 aliphatic heterocycles. The van der Waals surface area contributed by atoms with Crippen molar-refractivity contribution in [2.75, 3.05) is 0 Å². The smallest absolute Gasteiger partial charge is 0.158 e. The Morgan fingerprint density at radius 2 is 1.51 bits per heavy atom. The fraction of sp³-hybridized carbons (Fsp3) is 0.0806. The Balaban J connectivity index is 1.14. The van der Waals surface area contributed by atoms with E-state index in [1.807, 2.05) is 36.4 Å². The summed E-state index contributed by atoms with van der Waals surface area (Å²) >= 11 is 1.80. The number of aliphatic imine (C=N–C) groups is 3. The number of hydrogen-bond acceptors (Lipinski definition) is 3. The summed E-state index contributed by atoms with van der Waals surface area (Å²) in [6.45, 7) is 11.1. The highest BCUT2D eigenvalue weighted by molar-refractivity contribution is 7.17. The predicted octanol–water partition coefficient (Wildman–Crippen LogP) is 14.4. The van der Waals surface area contributed by atoms with Gasteiger partial charge in [-0.25, -0.2) is 9.98 Å². The first-order valence-electron chi connectivity index (χ1n) is 23.1. The second-order valence-electron chi connectivity index (χ2n) is 17.1. The van der Waals surface area contributed by atoms with Gasteiger partial charge < -0.3 is 9.30 Å². The number of fused-ring (bicyclic) bond motifs is 7. The van der Waals surface area contributed by atoms with E-state index in [1.54, 1.807) is 11.3 Å². The van der Waals surface area contributed by atoms with Crippen LogP contribution in [0, 0.1) is 0 Å². The molecule has 2 aliphatic carbocycles. The lowest BCUT2D eigenvalue weighted by Gasteiger charge is -2.18. The van der Waals surface area contributed by atoms with E-state index in [0.29, 0.717) is 24.6 Å². The zero-order chi connectivity index (χ0) is 46.0. The Morgan fingerprint density at radius 3 is 2.38 bits per heavy atom. The third-order valence-corrected chi connectivity index (χ3v) is 14.1. The zero-order valence-electron chi connectivity index (χ0n) is 37.8. The Morgan fingerprint density at radius 1 is 0.721 bits per heavy atom. The molecule has 1 unspecified atom stereocenters. The number of ether oxygens (including phenoxy) is 1. The topological polar surface area (TPSA) is 51.2 Å². The molecule has 3 heterocycles. The minimum atomic E-state index is -0.284. The Kier molecular flexibility index (Phi) is 11.6. The number of allylic oxidation sites excluding steroid dienone is 9. The Labute approximate surface area is 400 Å². The van der Waals surface area contributed by atoms with Crippen LogP contribution in [0.2, 0.25) is 0 Å². The molecule has 0 N–H and O–H groups in total. The number of rotatable bonds is 7. The number of nitrogens with zero attached hydrogens (tertiary/aromatic N) is 4. The highest BCUT2D eigenvalue weighted by atomic mass is 32.1. The molecule has 0 amide bonds. The van der Waals surface area contributed by atoms with Crippen LogP contribution in [0.25, 0.3) is 72.7 Å². The second-order valence-corrected chi connectivity index (χ2v) is 18.2. The number of amidine groups is 2. The summed E-state index contributed by atoms with van der Waals surface area (Å²) in [5.74, 6) is 1.98. The summed E-state index contributed by atoms with van der Waals surface area (Å²) in [4.78, 5) is 15.4. The number of thiophene rings is 1. The first kappa shape index (κ1) is 42.4. The average Bonchev–Trinajstić information content (AvgIpc) is 3.62. The fourth-order valence-corrected chi connectivity index (χ4v) is 10.7. The van der Waals surface area contributed by atoms with Crippen LogP contribution < -0.4 is 14.5 Å². The summed E-state index contributed by atoms with van der Waals surface area (Å²) < 4.78 is 11.6. The van der Waals surface area contributed by atoms with Crippen molar-refractivity contribution >= 4 is 74.5 Å². The van der Waals surface area contributed by atoms with E-state index in [1.165, 1.54) is 15.3 Å². The van der Waals surface area contributed by atoms with Crippen molar-refractivity contribution in [1.29, 1.82) is 0 Å². The van der Waals surface area contributed by atoms with Gasteiger partial charge in [0, 0.05) is 53.2 Å². The van der Waals surface area contributed by atoms with Gasteiger partial charge in [-0.15, -0.1) is 11.3 Å². The minimum Gasteiger partial charge on any atom is -0.485 e. The van der Waals surface area contributed by atoms with Crippen LogP contribution in [0.1, 0.15) is 53.8 Å². The standard InChI is InChI=1S/C62H48N4OS/c1-41-32-34-56-59(42(2)67-57-30-18-17-28-50(41)57)53-37-47(33-35-55(53)66(56)49-26-13-7-14-27-49)48-38-52-51-29-15-8-16-31-58(51)68-60(52)54(39-48)62(65-61(63-3)45-23-9-4-5-10-24-45)64-40-43-20-19-25-46(36-43)44-21-11-6-12-22-44/h4-15,17-23,25-39,42H,1,3,16,24,40H2,2H3/b34-32-,64-62?,65-61?. The van der Waals surface area contributed by atoms with E-state index in [-0.39, 0.29) is 6.10 Å². The highest BCUT2D eigenvalue weighted by Gasteiger charge is 2.26. The maximum Gasteiger partial charge on any atom is 0.158 e. The van der Waals surface area contributed by atoms with Gasteiger partial charge in [0.15, 0.2) is 11.7 Å². The average molecular weight is 897 g/mol. The molecule has 0 fully saturated rings. The molecule has 68 heavy (non-hydrogen) atoms. The molecule has 0 radical (unpaired) electrons. The van der Waals surface area contributed by atoms with E-state index < -0.39 is 0 Å². The van der Waals surface area contributed by atoms with Crippen LogP contribution in [0.15, 0.2) is 215 Å². The third-order valence-electron chi connectivity index (χ3n) is 12.8. The van der Waals surface area contributed by atoms with E-state index in [4.69, 9.17) is 14.7 Å². The van der Waals surface area contributed by atoms with E-state index in [9.17, 15) is 0 Å². The van der Waals surface area contributed by atoms with Crippen molar-refractivity contribution in [3.05, 3.63) is 238 Å². The number of benzene rings is 6. The normalized spacial score (nSPS) is 16.2. The van der Waals surface area contributed by atoms with Crippen LogP contribution >= 0.6 is 11.3 Å². The second kappa shape index (κ2) is 18.6. The summed E-state index contributed by atoms with van der Waals surface area (Å²) in [7, 11) is 0. The molecule has 2 aromatic heterocycles. The zero-order valence-corrected chi connectivity index (χ0v) is 38.7. The SMILES string of the molecule is C=NC(=NC(=NCc1cccc(-c2ccccc2)c1)c1cc(-c2ccc3c(c2)c2c(n3-c3ccccc3)/C=C\C(=C)c3ccccc3OC2C)cc2c3c(sc12)=CCC=CC=3)C1=CC=CC=CC1. The molecular weight excluding hydrogens is 849 g/mol. The van der Waals surface area contributed by atoms with Gasteiger partial charge in [0.2, 0.25) is 0 Å². The molecule has 5 nitrogen and oxygen atoms in total. The predicted molar refractivity (Wildman–Crippen MR) is 290 cm³/mol. The van der Waals surface area contributed by atoms with Crippen molar-refractivity contribution in [3.8, 4) is 33.7 Å². The largest absolute Gasteiger partial charge is 0.485 e. The van der Waals surface area contributed by atoms with Crippen molar-refractivity contribution in [2.24, 2.45) is 15.0 Å². The molecule has 6 heteroatoms. The van der Waals surface area contributed by atoms with Crippen molar-refractivity contribution in [3.63, 3.8) is 0 Å². The van der Waals surface area contributed by atoms with Crippen LogP contribution in [0.5, 0.6) is 5.75 Å². The van der Waals surface area contributed by atoms with Crippen molar-refractivity contribution in [1.82, 2.24) is 4.57 Å². The van der Waals surface area contributed by atoms with E-state index in [2.05, 4.69) is 200 Å². The van der Waals surface area contributed by atoms with Crippen LogP contribution in [0.3, 0.4) is 0 Å². The first-order chi connectivity index (χ1) is 33.5. The number of para-hydroxylation sites is 2. The lowest BCUT2D eigenvalue weighted by Crippen LogP contribution is -2.17. The number of aromatic nitrogens is 1. The van der Waals surface area contributed by atoms with Crippen molar-refractivity contribution in [2.45, 2.75) is 32.4 Å². The molecule has 11 rings (SSSR count). The Bertz CT molecular complexity index is 3670. The van der Waals surface area contributed by atoms with Gasteiger partial charge in [-0.1, -0.05) is 158 Å². The number of hydrogen-bond donors (Lipinski definition) is 0. The molecular formula is C62H48N4OS. The minimum absolute atomic E-state index is 0.284. The molecule has 1 atom stereocenters. The first-order valence-corrected chi connectivity index (χ1v) is 23.9. The molecule has 3 aliphatic rings. The molecule has 328 valence electrons. The molecule has 8 aromatic rings. The van der Waals surface area contributed by atoms with Gasteiger partial charge in [-0.05, 0) is 114 Å². The molecule has 0 spiro atoms. The van der Waals surface area contributed by atoms with E-state index in [0.717, 1.165) is 94.6 Å². The van der Waals surface area contributed by atoms with Gasteiger partial charge in [0.1, 0.15) is 11.9 Å². The molecule has 0 saturated heterocycles. The summed E-state index contributed by atoms with van der Waals surface area (Å²) in [5.41, 5.74) is 13.7. The lowest BCUT2D eigenvalue weighted by atomic mass is 9.96. The summed E-state index contributed by atoms with van der Waals surface area (Å²) in [6.07, 6.45) is 24.8. The van der Waals surface area contributed by atoms with Crippen LogP contribution in [-0.4, -0.2) is 23.0 Å². The summed E-state index contributed by atoms with van der Waals surface area (Å²) in [6, 6.07) is 49.3. The van der Waals surface area contributed by atoms with Gasteiger partial charge in [0.05, 0.1) is 17.8 Å². The third kappa shape index (κ3) is 8.20. The maximum atomic E-state index is 6.91. The lowest BCUT2D eigenvalue weighted by molar-refractivity contribution is 0.227. The van der Waals surface area contributed by atoms with Gasteiger partial charge in [-0.2, -0.15) is 0 Å². The van der Waals surface area contributed by atoms with Crippen LogP contribution in [-0.2, 0) is 6.54 Å².